The van der Waals surface area contributed by atoms with E-state index in [1.165, 1.54) is 240 Å². The Morgan fingerprint density at radius 3 is 0.692 bits per heavy atom. The highest BCUT2D eigenvalue weighted by molar-refractivity contribution is 6.24. The van der Waals surface area contributed by atoms with Crippen molar-refractivity contribution in [2.45, 2.75) is 114 Å². The second kappa shape index (κ2) is 47.6. The molecule has 0 atom stereocenters. The minimum atomic E-state index is 1.21. The van der Waals surface area contributed by atoms with E-state index in [9.17, 15) is 0 Å². The third-order valence-electron chi connectivity index (χ3n) is 24.5. The molecule has 0 aliphatic heterocycles. The summed E-state index contributed by atoms with van der Waals surface area (Å²) in [6.07, 6.45) is 9.17. The molecule has 0 aliphatic carbocycles. The molecule has 2 nitrogen and oxygen atoms in total. The van der Waals surface area contributed by atoms with Crippen molar-refractivity contribution in [3.05, 3.63) is 461 Å². The molecule has 0 saturated heterocycles. The first-order valence-electron chi connectivity index (χ1n) is 48.1. The van der Waals surface area contributed by atoms with Crippen LogP contribution in [0.15, 0.2) is 461 Å². The number of anilines is 2. The van der Waals surface area contributed by atoms with E-state index in [2.05, 4.69) is 528 Å². The fourth-order valence-corrected chi connectivity index (χ4v) is 17.1. The van der Waals surface area contributed by atoms with Crippen molar-refractivity contribution in [1.29, 1.82) is 0 Å². The Labute approximate surface area is 788 Å². The van der Waals surface area contributed by atoms with Gasteiger partial charge in [0.05, 0.1) is 0 Å². The molecule has 0 radical (unpaired) electrons. The largest absolute Gasteiger partial charge is 0.345 e. The molecular formula is C131H126N2. The van der Waals surface area contributed by atoms with Crippen LogP contribution in [-0.4, -0.2) is 11.6 Å². The molecule has 25 rings (SSSR count). The van der Waals surface area contributed by atoms with Crippen LogP contribution in [0.1, 0.15) is 114 Å². The monoisotopic (exact) mass is 1730 g/mol. The van der Waals surface area contributed by atoms with Crippen LogP contribution in [0.25, 0.3) is 183 Å². The normalized spacial score (nSPS) is 10.6. The highest BCUT2D eigenvalue weighted by Crippen LogP contribution is 2.38. The van der Waals surface area contributed by atoms with Crippen molar-refractivity contribution >= 4 is 195 Å². The van der Waals surface area contributed by atoms with Gasteiger partial charge in [-0.2, -0.15) is 0 Å². The lowest BCUT2D eigenvalue weighted by atomic mass is 9.95. The molecule has 0 bridgehead atoms. The van der Waals surface area contributed by atoms with Crippen LogP contribution in [-0.2, 0) is 7.05 Å². The van der Waals surface area contributed by atoms with Gasteiger partial charge in [0.25, 0.3) is 0 Å². The number of rotatable bonds is 5. The maximum atomic E-state index is 2.30. The SMILES string of the molecule is CC.CCC.CCCC.CCCC.CCCC.CN(c1ccccc1)c1ccccc1.Cn1c2ccccc2c2ccccc21.c1cc2ccc3cccc4ccc(c1)c2c34.c1ccc2c(c1)ccc1c3ccccc3ccc21.c1ccc2c(c1)ccc1ccc3ccccc3c12.c1ccc2cc3c(ccc4ccccc43)cc2c1.c1ccc2cc3cc4ccccc4cc3cc2c1. The highest BCUT2D eigenvalue weighted by Gasteiger charge is 2.12. The lowest BCUT2D eigenvalue weighted by molar-refractivity contribution is 0.886. The van der Waals surface area contributed by atoms with E-state index >= 15 is 0 Å². The molecule has 0 spiro atoms. The molecule has 1 heterocycles. The van der Waals surface area contributed by atoms with Crippen LogP contribution in [0.2, 0.25) is 0 Å². The van der Waals surface area contributed by atoms with Crippen molar-refractivity contribution in [2.24, 2.45) is 7.05 Å². The van der Waals surface area contributed by atoms with Crippen LogP contribution in [0, 0.1) is 0 Å². The van der Waals surface area contributed by atoms with Crippen molar-refractivity contribution < 1.29 is 0 Å². The summed E-state index contributed by atoms with van der Waals surface area (Å²) in [6.45, 7) is 21.3. The van der Waals surface area contributed by atoms with E-state index in [4.69, 9.17) is 0 Å². The molecule has 0 fully saturated rings. The summed E-state index contributed by atoms with van der Waals surface area (Å²) in [5.74, 6) is 0. The third-order valence-corrected chi connectivity index (χ3v) is 24.5. The molecule has 2 heteroatoms. The molecule has 25 aromatic rings. The van der Waals surface area contributed by atoms with E-state index in [0.717, 1.165) is 0 Å². The number of hydrogen-bond acceptors (Lipinski definition) is 1. The first-order valence-corrected chi connectivity index (χ1v) is 48.1. The van der Waals surface area contributed by atoms with Gasteiger partial charge in [-0.1, -0.05) is 502 Å². The molecule has 24 aromatic carbocycles. The molecule has 1 aromatic heterocycles. The van der Waals surface area contributed by atoms with E-state index in [0.29, 0.717) is 0 Å². The number of fused-ring (bicyclic) bond motifs is 20. The Hall–Kier alpha value is -15.0. The summed E-state index contributed by atoms with van der Waals surface area (Å²) < 4.78 is 2.24. The predicted octanol–water partition coefficient (Wildman–Crippen LogP) is 39.8. The number of hydrogen-bond donors (Lipinski definition) is 0. The van der Waals surface area contributed by atoms with Crippen molar-refractivity contribution in [2.75, 3.05) is 11.9 Å². The molecule has 133 heavy (non-hydrogen) atoms. The molecule has 0 amide bonds. The molecule has 0 N–H and O–H groups in total. The molecule has 0 unspecified atom stereocenters. The van der Waals surface area contributed by atoms with Gasteiger partial charge in [-0.05, 0) is 234 Å². The lowest BCUT2D eigenvalue weighted by Gasteiger charge is -2.18. The predicted molar refractivity (Wildman–Crippen MR) is 596 cm³/mol. The van der Waals surface area contributed by atoms with Crippen LogP contribution in [0.5, 0.6) is 0 Å². The summed E-state index contributed by atoms with van der Waals surface area (Å²) in [5, 5.41) is 42.5. The van der Waals surface area contributed by atoms with Gasteiger partial charge in [-0.25, -0.2) is 0 Å². The van der Waals surface area contributed by atoms with Crippen LogP contribution >= 0.6 is 0 Å². The first-order chi connectivity index (χ1) is 65.5. The van der Waals surface area contributed by atoms with Gasteiger partial charge in [-0.15, -0.1) is 0 Å². The number of benzene rings is 24. The maximum absolute atomic E-state index is 2.30. The van der Waals surface area contributed by atoms with Gasteiger partial charge in [-0.3, -0.25) is 0 Å². The van der Waals surface area contributed by atoms with Crippen molar-refractivity contribution in [1.82, 2.24) is 4.57 Å². The Morgan fingerprint density at radius 1 is 0.165 bits per heavy atom. The molecular weight excluding hydrogens is 1600 g/mol. The Bertz CT molecular complexity index is 7370. The van der Waals surface area contributed by atoms with Gasteiger partial charge in [0.2, 0.25) is 0 Å². The standard InChI is InChI=1S/4C18H12.C16H10.C13H11N.C13H13N.3C4H10.C3H8.C2H6/c1-3-7-16-13(5-1)9-11-15-12-10-14-6-2-4-8-17(14)18(15)16;1-3-7-15-13(5-1)9-11-18-16-8-4-2-6-14(16)10-12-17(15)18;1-2-7-15-12-18-16(11-14(15)6-1)10-9-13-5-3-4-8-17(13)18;1-2-6-14-10-18-12-16-8-4-3-7-15(16)11-17(18)9-13(14)5-1;1-3-11-7-9-13-5-2-6-14-10-8-12(4-1)15(11)16(13)14;1-14-12-8-4-2-6-10(12)11-7-3-5-9-13(11)14;1-14(12-8-4-2-5-9-12)13-10-6-3-7-11-13;3*1-3-4-2;1-3-2;1-2/h4*1-12H;1-10H;2-9H,1H3;2-11H,1H3;3*3-4H2,1-2H3;3H2,1-2H3;1-2H3. The van der Waals surface area contributed by atoms with Crippen molar-refractivity contribution in [3.8, 4) is 0 Å². The van der Waals surface area contributed by atoms with E-state index in [1.807, 2.05) is 26.0 Å². The smallest absolute Gasteiger partial charge is 0.0488 e. The number of aryl methyl sites for hydroxylation is 1. The van der Waals surface area contributed by atoms with Gasteiger partial charge in [0.1, 0.15) is 0 Å². The molecule has 0 aliphatic rings. The number of aromatic nitrogens is 1. The van der Waals surface area contributed by atoms with Gasteiger partial charge in [0.15, 0.2) is 0 Å². The van der Waals surface area contributed by atoms with Gasteiger partial charge >= 0.3 is 0 Å². The second-order valence-electron chi connectivity index (χ2n) is 33.6. The number of para-hydroxylation sites is 4. The average Bonchev–Trinajstić information content (AvgIpc) is 1.75. The second-order valence-corrected chi connectivity index (χ2v) is 33.6. The molecule has 0 saturated carbocycles. The topological polar surface area (TPSA) is 8.17 Å². The lowest BCUT2D eigenvalue weighted by Crippen LogP contribution is -2.08. The molecule has 660 valence electrons. The number of nitrogens with zero attached hydrogens (tertiary/aromatic N) is 2. The summed E-state index contributed by atoms with van der Waals surface area (Å²) in [4.78, 5) is 2.17. The van der Waals surface area contributed by atoms with Gasteiger partial charge < -0.3 is 9.47 Å². The van der Waals surface area contributed by atoms with Crippen LogP contribution in [0.4, 0.5) is 11.4 Å². The Balaban J connectivity index is 0.000000121. The zero-order chi connectivity index (χ0) is 92.6. The third kappa shape index (κ3) is 22.7. The van der Waals surface area contributed by atoms with Crippen molar-refractivity contribution in [3.63, 3.8) is 0 Å². The minimum absolute atomic E-state index is 1.21. The fourth-order valence-electron chi connectivity index (χ4n) is 17.1. The van der Waals surface area contributed by atoms with E-state index in [-0.39, 0.29) is 0 Å². The van der Waals surface area contributed by atoms with Crippen LogP contribution < -0.4 is 4.90 Å². The maximum Gasteiger partial charge on any atom is 0.0488 e. The quantitative estimate of drug-likeness (QED) is 0.123. The van der Waals surface area contributed by atoms with Crippen LogP contribution in [0.3, 0.4) is 0 Å². The summed E-state index contributed by atoms with van der Waals surface area (Å²) in [5.41, 5.74) is 5.01. The van der Waals surface area contributed by atoms with E-state index < -0.39 is 0 Å². The Morgan fingerprint density at radius 2 is 0.376 bits per heavy atom. The zero-order valence-corrected chi connectivity index (χ0v) is 79.7. The summed E-state index contributed by atoms with van der Waals surface area (Å²) in [7, 11) is 4.19. The summed E-state index contributed by atoms with van der Waals surface area (Å²) in [6, 6.07) is 164. The first kappa shape index (κ1) is 94.2. The summed E-state index contributed by atoms with van der Waals surface area (Å²) >= 11 is 0. The fraction of sp³-hybridized carbons (Fsp3) is 0.145. The number of unbranched alkanes of at least 4 members (excludes halogenated alkanes) is 3. The van der Waals surface area contributed by atoms with Gasteiger partial charge in [0, 0.05) is 47.3 Å². The average molecular weight is 1730 g/mol. The minimum Gasteiger partial charge on any atom is -0.345 e. The van der Waals surface area contributed by atoms with E-state index in [1.54, 1.807) is 0 Å². The highest BCUT2D eigenvalue weighted by atomic mass is 15.1. The zero-order valence-electron chi connectivity index (χ0n) is 79.7. The Kier molecular flexibility index (Phi) is 33.7.